The first-order chi connectivity index (χ1) is 8.77. The van der Waals surface area contributed by atoms with Crippen molar-refractivity contribution in [1.82, 2.24) is 0 Å². The molecule has 4 bridgehead atoms. The summed E-state index contributed by atoms with van der Waals surface area (Å²) in [6.45, 7) is 7.70. The van der Waals surface area contributed by atoms with Crippen molar-refractivity contribution in [2.24, 2.45) is 33.8 Å². The van der Waals surface area contributed by atoms with Crippen LogP contribution in [-0.2, 0) is 0 Å². The molecule has 4 fully saturated rings. The summed E-state index contributed by atoms with van der Waals surface area (Å²) >= 11 is 0. The van der Waals surface area contributed by atoms with Gasteiger partial charge in [0.05, 0.1) is 6.10 Å². The maximum atomic E-state index is 10.5. The van der Waals surface area contributed by atoms with E-state index in [2.05, 4.69) is 20.8 Å². The topological polar surface area (TPSA) is 46.2 Å². The molecular formula is C17H31NO. The van der Waals surface area contributed by atoms with Gasteiger partial charge in [-0.15, -0.1) is 0 Å². The van der Waals surface area contributed by atoms with E-state index in [-0.39, 0.29) is 12.0 Å². The Labute approximate surface area is 118 Å². The average molecular weight is 265 g/mol. The molecule has 19 heavy (non-hydrogen) atoms. The van der Waals surface area contributed by atoms with Crippen LogP contribution in [0.2, 0.25) is 0 Å². The fourth-order valence-electron chi connectivity index (χ4n) is 6.71. The van der Waals surface area contributed by atoms with Crippen molar-refractivity contribution < 1.29 is 5.11 Å². The summed E-state index contributed by atoms with van der Waals surface area (Å²) < 4.78 is 0. The summed E-state index contributed by atoms with van der Waals surface area (Å²) in [5.74, 6) is 1.17. The normalized spacial score (nSPS) is 51.3. The van der Waals surface area contributed by atoms with Gasteiger partial charge in [-0.05, 0) is 79.6 Å². The number of aliphatic hydroxyl groups is 1. The predicted octanol–water partition coefficient (Wildman–Crippen LogP) is 3.33. The Morgan fingerprint density at radius 1 is 1.11 bits per heavy atom. The Hall–Kier alpha value is -0.0800. The molecule has 4 aliphatic carbocycles. The van der Waals surface area contributed by atoms with Crippen LogP contribution in [0.4, 0.5) is 0 Å². The van der Waals surface area contributed by atoms with E-state index < -0.39 is 0 Å². The van der Waals surface area contributed by atoms with Crippen LogP contribution in [0.5, 0.6) is 0 Å². The molecular weight excluding hydrogens is 234 g/mol. The number of aliphatic hydroxyl groups excluding tert-OH is 1. The second-order valence-electron chi connectivity index (χ2n) is 9.11. The van der Waals surface area contributed by atoms with E-state index in [1.54, 1.807) is 0 Å². The third-order valence-electron chi connectivity index (χ3n) is 6.41. The van der Waals surface area contributed by atoms with Crippen molar-refractivity contribution in [2.45, 2.75) is 71.8 Å². The lowest BCUT2D eigenvalue weighted by Crippen LogP contribution is -2.56. The Morgan fingerprint density at radius 2 is 1.68 bits per heavy atom. The number of rotatable bonds is 4. The molecule has 110 valence electrons. The molecule has 2 nitrogen and oxygen atoms in total. The minimum Gasteiger partial charge on any atom is -0.393 e. The molecule has 4 aliphatic rings. The van der Waals surface area contributed by atoms with Gasteiger partial charge in [-0.2, -0.15) is 0 Å². The van der Waals surface area contributed by atoms with E-state index in [0.717, 1.165) is 12.3 Å². The minimum absolute atomic E-state index is 0.201. The maximum absolute atomic E-state index is 10.5. The van der Waals surface area contributed by atoms with Gasteiger partial charge in [0.15, 0.2) is 0 Å². The molecule has 0 aromatic carbocycles. The van der Waals surface area contributed by atoms with E-state index >= 15 is 0 Å². The molecule has 2 heteroatoms. The maximum Gasteiger partial charge on any atom is 0.0583 e. The highest BCUT2D eigenvalue weighted by Crippen LogP contribution is 2.70. The molecule has 0 aromatic heterocycles. The summed E-state index contributed by atoms with van der Waals surface area (Å²) in [4.78, 5) is 0. The van der Waals surface area contributed by atoms with Crippen LogP contribution in [0.25, 0.3) is 0 Å². The number of hydrogen-bond acceptors (Lipinski definition) is 2. The number of hydrogen-bond donors (Lipinski definition) is 2. The minimum atomic E-state index is -0.201. The molecule has 0 aliphatic heterocycles. The van der Waals surface area contributed by atoms with Crippen LogP contribution in [0.3, 0.4) is 0 Å². The SMILES string of the molecule is CC(CN)C(O)CC12CC3CC(C)(CC(C)(C3)C1)C2. The molecule has 4 atom stereocenters. The molecule has 0 aromatic rings. The summed E-state index contributed by atoms with van der Waals surface area (Å²) in [6, 6.07) is 0. The average Bonchev–Trinajstić information content (AvgIpc) is 2.21. The van der Waals surface area contributed by atoms with Crippen molar-refractivity contribution in [2.75, 3.05) is 6.54 Å². The van der Waals surface area contributed by atoms with Crippen molar-refractivity contribution in [3.8, 4) is 0 Å². The van der Waals surface area contributed by atoms with Gasteiger partial charge in [-0.3, -0.25) is 0 Å². The van der Waals surface area contributed by atoms with Crippen molar-refractivity contribution >= 4 is 0 Å². The Bertz CT molecular complexity index is 348. The summed E-state index contributed by atoms with van der Waals surface area (Å²) in [5.41, 5.74) is 7.27. The van der Waals surface area contributed by atoms with E-state index in [1.165, 1.54) is 38.5 Å². The fourth-order valence-corrected chi connectivity index (χ4v) is 6.71. The molecule has 4 saturated carbocycles. The Kier molecular flexibility index (Phi) is 3.07. The first kappa shape index (κ1) is 13.9. The van der Waals surface area contributed by atoms with Crippen LogP contribution in [-0.4, -0.2) is 17.8 Å². The summed E-state index contributed by atoms with van der Waals surface area (Å²) in [5, 5.41) is 10.5. The van der Waals surface area contributed by atoms with E-state index in [9.17, 15) is 5.11 Å². The van der Waals surface area contributed by atoms with E-state index in [0.29, 0.717) is 22.8 Å². The molecule has 0 radical (unpaired) electrons. The molecule has 4 unspecified atom stereocenters. The summed E-state index contributed by atoms with van der Waals surface area (Å²) in [6.07, 6.45) is 9.15. The zero-order chi connectivity index (χ0) is 13.9. The lowest BCUT2D eigenvalue weighted by molar-refractivity contribution is -0.159. The second-order valence-corrected chi connectivity index (χ2v) is 9.11. The van der Waals surface area contributed by atoms with Crippen molar-refractivity contribution in [1.29, 1.82) is 0 Å². The predicted molar refractivity (Wildman–Crippen MR) is 78.7 cm³/mol. The fraction of sp³-hybridized carbons (Fsp3) is 1.00. The molecule has 0 amide bonds. The van der Waals surface area contributed by atoms with Gasteiger partial charge < -0.3 is 10.8 Å². The first-order valence-corrected chi connectivity index (χ1v) is 8.15. The molecule has 0 saturated heterocycles. The van der Waals surface area contributed by atoms with Gasteiger partial charge >= 0.3 is 0 Å². The first-order valence-electron chi connectivity index (χ1n) is 8.15. The van der Waals surface area contributed by atoms with Gasteiger partial charge in [0.2, 0.25) is 0 Å². The van der Waals surface area contributed by atoms with Crippen molar-refractivity contribution in [3.63, 3.8) is 0 Å². The molecule has 3 N–H and O–H groups in total. The standard InChI is InChI=1S/C17H31NO/c1-12(8-18)14(19)7-17-6-13-4-15(2,10-17)9-16(3,5-13)11-17/h12-14,19H,4-11,18H2,1-3H3. The summed E-state index contributed by atoms with van der Waals surface area (Å²) in [7, 11) is 0. The number of nitrogens with two attached hydrogens (primary N) is 1. The Morgan fingerprint density at radius 3 is 2.16 bits per heavy atom. The van der Waals surface area contributed by atoms with Gasteiger partial charge in [-0.1, -0.05) is 20.8 Å². The second kappa shape index (κ2) is 4.21. The van der Waals surface area contributed by atoms with Gasteiger partial charge in [-0.25, -0.2) is 0 Å². The highest BCUT2D eigenvalue weighted by molar-refractivity contribution is 5.10. The Balaban J connectivity index is 1.81. The monoisotopic (exact) mass is 265 g/mol. The van der Waals surface area contributed by atoms with Crippen LogP contribution in [0.1, 0.15) is 65.7 Å². The van der Waals surface area contributed by atoms with Gasteiger partial charge in [0, 0.05) is 0 Å². The smallest absolute Gasteiger partial charge is 0.0583 e. The van der Waals surface area contributed by atoms with Gasteiger partial charge in [0.25, 0.3) is 0 Å². The van der Waals surface area contributed by atoms with Gasteiger partial charge in [0.1, 0.15) is 0 Å². The van der Waals surface area contributed by atoms with E-state index in [1.807, 2.05) is 0 Å². The quantitative estimate of drug-likeness (QED) is 0.819. The zero-order valence-electron chi connectivity index (χ0n) is 12.9. The lowest BCUT2D eigenvalue weighted by Gasteiger charge is -2.66. The molecule has 4 rings (SSSR count). The van der Waals surface area contributed by atoms with Crippen LogP contribution in [0.15, 0.2) is 0 Å². The molecule has 0 heterocycles. The van der Waals surface area contributed by atoms with Crippen LogP contribution < -0.4 is 5.73 Å². The van der Waals surface area contributed by atoms with Crippen molar-refractivity contribution in [3.05, 3.63) is 0 Å². The van der Waals surface area contributed by atoms with E-state index in [4.69, 9.17) is 5.73 Å². The zero-order valence-corrected chi connectivity index (χ0v) is 12.9. The van der Waals surface area contributed by atoms with Crippen LogP contribution >= 0.6 is 0 Å². The third-order valence-corrected chi connectivity index (χ3v) is 6.41. The lowest BCUT2D eigenvalue weighted by atomic mass is 9.39. The highest BCUT2D eigenvalue weighted by Gasteiger charge is 2.60. The largest absolute Gasteiger partial charge is 0.393 e. The highest BCUT2D eigenvalue weighted by atomic mass is 16.3. The molecule has 0 spiro atoms. The van der Waals surface area contributed by atoms with Crippen LogP contribution in [0, 0.1) is 28.1 Å². The third kappa shape index (κ3) is 2.35.